The molecule has 0 radical (unpaired) electrons. The van der Waals surface area contributed by atoms with E-state index in [0.29, 0.717) is 12.3 Å². The molecule has 1 fully saturated rings. The molecule has 0 saturated carbocycles. The summed E-state index contributed by atoms with van der Waals surface area (Å²) in [5.74, 6) is 1.46. The number of benzene rings is 2. The van der Waals surface area contributed by atoms with Crippen molar-refractivity contribution in [3.63, 3.8) is 0 Å². The van der Waals surface area contributed by atoms with Gasteiger partial charge in [0.2, 0.25) is 5.91 Å². The second-order valence-electron chi connectivity index (χ2n) is 8.22. The first-order chi connectivity index (χ1) is 14.2. The highest BCUT2D eigenvalue weighted by molar-refractivity contribution is 5.80. The van der Waals surface area contributed by atoms with Gasteiger partial charge in [-0.15, -0.1) is 0 Å². The van der Waals surface area contributed by atoms with Gasteiger partial charge in [0.1, 0.15) is 5.82 Å². The minimum absolute atomic E-state index is 0.160. The molecule has 0 unspecified atom stereocenters. The Balaban J connectivity index is 1.45. The van der Waals surface area contributed by atoms with Crippen LogP contribution in [0.2, 0.25) is 0 Å². The number of likely N-dealkylation sites (tertiary alicyclic amines) is 1. The summed E-state index contributed by atoms with van der Waals surface area (Å²) in [5, 5.41) is 0. The van der Waals surface area contributed by atoms with Crippen LogP contribution in [0.5, 0.6) is 0 Å². The fourth-order valence-corrected chi connectivity index (χ4v) is 4.30. The molecule has 3 aromatic rings. The summed E-state index contributed by atoms with van der Waals surface area (Å²) in [6.45, 7) is 3.81. The van der Waals surface area contributed by atoms with Crippen molar-refractivity contribution >= 4 is 16.9 Å². The van der Waals surface area contributed by atoms with Crippen molar-refractivity contribution in [1.82, 2.24) is 19.8 Å². The van der Waals surface area contributed by atoms with Gasteiger partial charge in [-0.05, 0) is 56.5 Å². The number of para-hydroxylation sites is 2. The van der Waals surface area contributed by atoms with Gasteiger partial charge >= 0.3 is 0 Å². The van der Waals surface area contributed by atoms with Crippen molar-refractivity contribution in [2.45, 2.75) is 25.7 Å². The number of nitrogens with one attached hydrogen (secondary N) is 1. The molecule has 1 aliphatic rings. The van der Waals surface area contributed by atoms with E-state index in [2.05, 4.69) is 51.1 Å². The fourth-order valence-electron chi connectivity index (χ4n) is 4.30. The first-order valence-electron chi connectivity index (χ1n) is 10.6. The molecule has 1 aliphatic heterocycles. The molecule has 152 valence electrons. The first kappa shape index (κ1) is 19.6. The van der Waals surface area contributed by atoms with E-state index < -0.39 is 0 Å². The SMILES string of the molecule is CN1CCC[C@H](CN(CCc2ccccc2)C(=O)Cc2nc3ccccc3[nH]2)C1. The fraction of sp³-hybridized carbons (Fsp3) is 0.417. The number of nitrogens with zero attached hydrogens (tertiary/aromatic N) is 3. The van der Waals surface area contributed by atoms with E-state index in [-0.39, 0.29) is 5.91 Å². The lowest BCUT2D eigenvalue weighted by Gasteiger charge is -2.34. The monoisotopic (exact) mass is 390 g/mol. The zero-order valence-electron chi connectivity index (χ0n) is 17.2. The normalized spacial score (nSPS) is 17.5. The van der Waals surface area contributed by atoms with E-state index in [1.165, 1.54) is 18.4 Å². The number of fused-ring (bicyclic) bond motifs is 1. The lowest BCUT2D eigenvalue weighted by molar-refractivity contribution is -0.131. The molecule has 5 nitrogen and oxygen atoms in total. The number of piperidine rings is 1. The Morgan fingerprint density at radius 1 is 1.17 bits per heavy atom. The summed E-state index contributed by atoms with van der Waals surface area (Å²) in [5.41, 5.74) is 3.18. The van der Waals surface area contributed by atoms with E-state index >= 15 is 0 Å². The summed E-state index contributed by atoms with van der Waals surface area (Å²) >= 11 is 0. The number of amides is 1. The average molecular weight is 391 g/mol. The smallest absolute Gasteiger partial charge is 0.230 e. The number of hydrogen-bond acceptors (Lipinski definition) is 3. The second kappa shape index (κ2) is 9.23. The van der Waals surface area contributed by atoms with Gasteiger partial charge in [0.05, 0.1) is 17.5 Å². The highest BCUT2D eigenvalue weighted by Crippen LogP contribution is 2.18. The van der Waals surface area contributed by atoms with Crippen molar-refractivity contribution < 1.29 is 4.79 Å². The van der Waals surface area contributed by atoms with Crippen LogP contribution in [0, 0.1) is 5.92 Å². The molecule has 1 amide bonds. The molecule has 1 N–H and O–H groups in total. The topological polar surface area (TPSA) is 52.2 Å². The average Bonchev–Trinajstić information content (AvgIpc) is 3.14. The molecule has 0 spiro atoms. The zero-order chi connectivity index (χ0) is 20.1. The van der Waals surface area contributed by atoms with E-state index in [9.17, 15) is 4.79 Å². The highest BCUT2D eigenvalue weighted by atomic mass is 16.2. The van der Waals surface area contributed by atoms with Gasteiger partial charge in [0, 0.05) is 19.6 Å². The molecule has 2 heterocycles. The van der Waals surface area contributed by atoms with Crippen LogP contribution < -0.4 is 0 Å². The third-order valence-electron chi connectivity index (χ3n) is 5.82. The molecule has 1 aromatic heterocycles. The first-order valence-corrected chi connectivity index (χ1v) is 10.6. The van der Waals surface area contributed by atoms with Gasteiger partial charge in [-0.1, -0.05) is 42.5 Å². The van der Waals surface area contributed by atoms with Crippen molar-refractivity contribution in [2.75, 3.05) is 33.2 Å². The number of carbonyl (C=O) groups excluding carboxylic acids is 1. The molecular formula is C24H30N4O. The number of hydrogen-bond donors (Lipinski definition) is 1. The number of carbonyl (C=O) groups is 1. The lowest BCUT2D eigenvalue weighted by Crippen LogP contribution is -2.43. The Hall–Kier alpha value is -2.66. The maximum absolute atomic E-state index is 13.2. The second-order valence-corrected chi connectivity index (χ2v) is 8.22. The van der Waals surface area contributed by atoms with Crippen LogP contribution >= 0.6 is 0 Å². The maximum atomic E-state index is 13.2. The number of aromatic nitrogens is 2. The van der Waals surface area contributed by atoms with Crippen molar-refractivity contribution in [2.24, 2.45) is 5.92 Å². The van der Waals surface area contributed by atoms with Crippen LogP contribution in [0.4, 0.5) is 0 Å². The number of aromatic amines is 1. The van der Waals surface area contributed by atoms with E-state index in [0.717, 1.165) is 49.5 Å². The predicted octanol–water partition coefficient (Wildman–Crippen LogP) is 3.52. The minimum Gasteiger partial charge on any atom is -0.342 e. The van der Waals surface area contributed by atoms with Crippen LogP contribution in [0.1, 0.15) is 24.2 Å². The zero-order valence-corrected chi connectivity index (χ0v) is 17.2. The van der Waals surface area contributed by atoms with E-state index in [4.69, 9.17) is 0 Å². The van der Waals surface area contributed by atoms with Gasteiger partial charge in [-0.2, -0.15) is 0 Å². The van der Waals surface area contributed by atoms with Crippen LogP contribution in [-0.2, 0) is 17.6 Å². The summed E-state index contributed by atoms with van der Waals surface area (Å²) in [6.07, 6.45) is 3.62. The summed E-state index contributed by atoms with van der Waals surface area (Å²) < 4.78 is 0. The van der Waals surface area contributed by atoms with Crippen LogP contribution in [-0.4, -0.2) is 58.9 Å². The molecule has 29 heavy (non-hydrogen) atoms. The number of rotatable bonds is 7. The van der Waals surface area contributed by atoms with Crippen molar-refractivity contribution in [3.05, 3.63) is 66.0 Å². The van der Waals surface area contributed by atoms with Crippen LogP contribution in [0.25, 0.3) is 11.0 Å². The Bertz CT molecular complexity index is 903. The third-order valence-corrected chi connectivity index (χ3v) is 5.82. The largest absolute Gasteiger partial charge is 0.342 e. The van der Waals surface area contributed by atoms with Gasteiger partial charge < -0.3 is 14.8 Å². The van der Waals surface area contributed by atoms with Gasteiger partial charge in [-0.25, -0.2) is 4.98 Å². The van der Waals surface area contributed by atoms with E-state index in [1.54, 1.807) is 0 Å². The quantitative estimate of drug-likeness (QED) is 0.672. The summed E-state index contributed by atoms with van der Waals surface area (Å²) in [4.78, 5) is 25.6. The lowest BCUT2D eigenvalue weighted by atomic mass is 9.97. The molecule has 0 bridgehead atoms. The Kier molecular flexibility index (Phi) is 6.25. The summed E-state index contributed by atoms with van der Waals surface area (Å²) in [7, 11) is 2.18. The van der Waals surface area contributed by atoms with Gasteiger partial charge in [0.25, 0.3) is 0 Å². The maximum Gasteiger partial charge on any atom is 0.230 e. The molecule has 0 aliphatic carbocycles. The van der Waals surface area contributed by atoms with Crippen molar-refractivity contribution in [3.8, 4) is 0 Å². The Morgan fingerprint density at radius 2 is 1.97 bits per heavy atom. The predicted molar refractivity (Wildman–Crippen MR) is 117 cm³/mol. The van der Waals surface area contributed by atoms with Crippen LogP contribution in [0.15, 0.2) is 54.6 Å². The standard InChI is InChI=1S/C24H30N4O/c1-27-14-7-10-20(17-27)18-28(15-13-19-8-3-2-4-9-19)24(29)16-23-25-21-11-5-6-12-22(21)26-23/h2-6,8-9,11-12,20H,7,10,13-18H2,1H3,(H,25,26)/t20-/m0/s1. The third kappa shape index (κ3) is 5.24. The number of imidazole rings is 1. The molecular weight excluding hydrogens is 360 g/mol. The summed E-state index contributed by atoms with van der Waals surface area (Å²) in [6, 6.07) is 18.4. The van der Waals surface area contributed by atoms with E-state index in [1.807, 2.05) is 30.3 Å². The van der Waals surface area contributed by atoms with Gasteiger partial charge in [-0.3, -0.25) is 4.79 Å². The Labute approximate surface area is 172 Å². The van der Waals surface area contributed by atoms with Crippen molar-refractivity contribution in [1.29, 1.82) is 0 Å². The van der Waals surface area contributed by atoms with Gasteiger partial charge in [0.15, 0.2) is 0 Å². The number of H-pyrrole nitrogens is 1. The molecule has 4 rings (SSSR count). The molecule has 2 aromatic carbocycles. The highest BCUT2D eigenvalue weighted by Gasteiger charge is 2.23. The van der Waals surface area contributed by atoms with Crippen LogP contribution in [0.3, 0.4) is 0 Å². The molecule has 5 heteroatoms. The molecule has 1 atom stereocenters. The Morgan fingerprint density at radius 3 is 2.76 bits per heavy atom. The molecule has 1 saturated heterocycles. The minimum atomic E-state index is 0.160.